The molecule has 0 radical (unpaired) electrons. The zero-order chi connectivity index (χ0) is 36.6. The number of nitrogens with one attached hydrogen (secondary N) is 3. The molecule has 0 spiro atoms. The van der Waals surface area contributed by atoms with Gasteiger partial charge in [-0.2, -0.15) is 0 Å². The van der Waals surface area contributed by atoms with Crippen LogP contribution in [0, 0.1) is 29.9 Å². The molecule has 7 nitrogen and oxygen atoms in total. The number of nitrogens with zero attached hydrogens (tertiary/aromatic N) is 2. The number of aliphatic imine (C=N–C) groups is 2. The van der Waals surface area contributed by atoms with E-state index < -0.39 is 23.7 Å². The number of carbonyl (C=O) groups is 1. The van der Waals surface area contributed by atoms with E-state index in [0.717, 1.165) is 52.1 Å². The van der Waals surface area contributed by atoms with Gasteiger partial charge in [-0.1, -0.05) is 76.6 Å². The first-order chi connectivity index (χ1) is 22.8. The lowest BCUT2D eigenvalue weighted by Gasteiger charge is -2.28. The second kappa shape index (κ2) is 20.5. The second-order valence-corrected chi connectivity index (χ2v) is 11.3. The fourth-order valence-corrected chi connectivity index (χ4v) is 4.70. The fraction of sp³-hybridized carbons (Fsp3) is 0.410. The van der Waals surface area contributed by atoms with E-state index in [0.29, 0.717) is 23.2 Å². The maximum atomic E-state index is 13.7. The number of amidine groups is 2. The molecule has 0 aromatic heterocycles. The van der Waals surface area contributed by atoms with E-state index in [1.54, 1.807) is 20.2 Å². The molecule has 0 fully saturated rings. The van der Waals surface area contributed by atoms with Crippen LogP contribution in [-0.2, 0) is 4.79 Å². The van der Waals surface area contributed by atoms with E-state index in [-0.39, 0.29) is 11.9 Å². The van der Waals surface area contributed by atoms with E-state index >= 15 is 0 Å². The Morgan fingerprint density at radius 3 is 2.17 bits per heavy atom. The Kier molecular flexibility index (Phi) is 17.7. The van der Waals surface area contributed by atoms with Gasteiger partial charge in [-0.3, -0.25) is 14.8 Å². The van der Waals surface area contributed by atoms with Crippen molar-refractivity contribution in [2.75, 3.05) is 7.05 Å². The molecule has 0 saturated heterocycles. The van der Waals surface area contributed by atoms with Crippen LogP contribution < -0.4 is 21.7 Å². The topological polar surface area (TPSA) is 104 Å². The SMILES string of the molecule is C#CCC.C/C=C(\C(C(N)=NC)=C(\C)C(C)C)c1ccc(C(C)N=C2NC=C(C)NC2C(=O)NC(C)c2ccc(F)c(F)c2)cc1.CC. The Morgan fingerprint density at radius 1 is 1.08 bits per heavy atom. The first-order valence-corrected chi connectivity index (χ1v) is 16.5. The first-order valence-electron chi connectivity index (χ1n) is 16.5. The number of carbonyl (C=O) groups excluding carboxylic acids is 1. The molecule has 3 atom stereocenters. The van der Waals surface area contributed by atoms with Gasteiger partial charge in [0.05, 0.1) is 12.1 Å². The molecule has 1 heterocycles. The van der Waals surface area contributed by atoms with Crippen molar-refractivity contribution in [3.63, 3.8) is 0 Å². The first kappa shape index (κ1) is 41.3. The van der Waals surface area contributed by atoms with Crippen LogP contribution in [0.2, 0.25) is 0 Å². The highest BCUT2D eigenvalue weighted by Gasteiger charge is 2.29. The summed E-state index contributed by atoms with van der Waals surface area (Å²) in [4.78, 5) is 22.4. The quantitative estimate of drug-likeness (QED) is 0.0944. The number of amides is 1. The molecule has 48 heavy (non-hydrogen) atoms. The van der Waals surface area contributed by atoms with Crippen molar-refractivity contribution in [1.82, 2.24) is 16.0 Å². The smallest absolute Gasteiger partial charge is 0.250 e. The summed E-state index contributed by atoms with van der Waals surface area (Å²) in [6.45, 7) is 19.8. The van der Waals surface area contributed by atoms with Gasteiger partial charge in [0.2, 0.25) is 0 Å². The maximum absolute atomic E-state index is 13.7. The molecule has 0 saturated carbocycles. The molecule has 2 aromatic carbocycles. The zero-order valence-electron chi connectivity index (χ0n) is 30.4. The Balaban J connectivity index is 0.00000178. The molecule has 0 aliphatic carbocycles. The Labute approximate surface area is 287 Å². The third kappa shape index (κ3) is 11.5. The van der Waals surface area contributed by atoms with Crippen molar-refractivity contribution < 1.29 is 13.6 Å². The standard InChI is InChI=1S/C33H42F2N6O.C4H6.C2H6/c1-9-26(29(31(36)37-8)20(5)18(2)3)24-12-10-23(11-13-24)21(6)40-32-30(39-19(4)17-38-32)33(42)41-22(7)25-14-15-27(34)28(35)16-25;1-3-4-2;1-2/h9-18,21-22,30,39H,1-8H3,(H2,36,37)(H,38,40)(H,41,42);1H,4H2,2H3;1-2H3/b26-9-,29-20+;;. The zero-order valence-corrected chi connectivity index (χ0v) is 30.4. The van der Waals surface area contributed by atoms with Gasteiger partial charge in [-0.15, -0.1) is 12.3 Å². The third-order valence-electron chi connectivity index (χ3n) is 7.70. The van der Waals surface area contributed by atoms with Crippen LogP contribution in [0.25, 0.3) is 5.57 Å². The highest BCUT2D eigenvalue weighted by molar-refractivity contribution is 6.12. The van der Waals surface area contributed by atoms with Crippen LogP contribution in [0.15, 0.2) is 81.6 Å². The van der Waals surface area contributed by atoms with Crippen LogP contribution in [0.1, 0.15) is 104 Å². The monoisotopic (exact) mass is 660 g/mol. The molecular weight excluding hydrogens is 606 g/mol. The van der Waals surface area contributed by atoms with E-state index in [2.05, 4.69) is 53.7 Å². The summed E-state index contributed by atoms with van der Waals surface area (Å²) < 4.78 is 27.1. The molecule has 1 aliphatic rings. The molecule has 1 aliphatic heterocycles. The Bertz CT molecular complexity index is 1560. The predicted molar refractivity (Wildman–Crippen MR) is 198 cm³/mol. The maximum Gasteiger partial charge on any atom is 0.250 e. The molecule has 5 N–H and O–H groups in total. The lowest BCUT2D eigenvalue weighted by Crippen LogP contribution is -2.55. The second-order valence-electron chi connectivity index (χ2n) is 11.3. The number of rotatable bonds is 9. The molecule has 3 rings (SSSR count). The highest BCUT2D eigenvalue weighted by Crippen LogP contribution is 2.30. The van der Waals surface area contributed by atoms with Crippen LogP contribution in [0.4, 0.5) is 8.78 Å². The highest BCUT2D eigenvalue weighted by atomic mass is 19.2. The molecule has 1 amide bonds. The van der Waals surface area contributed by atoms with Crippen molar-refractivity contribution in [3.8, 4) is 12.3 Å². The van der Waals surface area contributed by atoms with Gasteiger partial charge in [-0.25, -0.2) is 8.78 Å². The van der Waals surface area contributed by atoms with Gasteiger partial charge >= 0.3 is 0 Å². The lowest BCUT2D eigenvalue weighted by atomic mass is 9.88. The molecular formula is C39H54F2N6O. The number of allylic oxidation sites excluding steroid dienone is 3. The minimum Gasteiger partial charge on any atom is -0.383 e. The van der Waals surface area contributed by atoms with Gasteiger partial charge in [-0.05, 0) is 74.9 Å². The van der Waals surface area contributed by atoms with Crippen molar-refractivity contribution >= 4 is 23.2 Å². The Hall–Kier alpha value is -4.71. The molecule has 9 heteroatoms. The number of nitrogens with two attached hydrogens (primary N) is 1. The summed E-state index contributed by atoms with van der Waals surface area (Å²) >= 11 is 0. The van der Waals surface area contributed by atoms with Gasteiger partial charge in [0, 0.05) is 30.9 Å². The lowest BCUT2D eigenvalue weighted by molar-refractivity contribution is -0.122. The predicted octanol–water partition coefficient (Wildman–Crippen LogP) is 8.14. The van der Waals surface area contributed by atoms with Crippen molar-refractivity contribution in [2.45, 2.75) is 93.8 Å². The van der Waals surface area contributed by atoms with E-state index in [1.807, 2.05) is 65.8 Å². The number of benzene rings is 2. The molecule has 0 bridgehead atoms. The van der Waals surface area contributed by atoms with E-state index in [9.17, 15) is 13.6 Å². The number of terminal acetylenes is 1. The summed E-state index contributed by atoms with van der Waals surface area (Å²) in [6, 6.07) is 10.1. The summed E-state index contributed by atoms with van der Waals surface area (Å²) in [5.41, 5.74) is 12.7. The van der Waals surface area contributed by atoms with Gasteiger partial charge < -0.3 is 21.7 Å². The minimum absolute atomic E-state index is 0.266. The molecule has 2 aromatic rings. The average molecular weight is 661 g/mol. The number of hydrogen-bond acceptors (Lipinski definition) is 4. The minimum atomic E-state index is -0.960. The molecule has 260 valence electrons. The van der Waals surface area contributed by atoms with Gasteiger partial charge in [0.1, 0.15) is 11.7 Å². The fourth-order valence-electron chi connectivity index (χ4n) is 4.70. The van der Waals surface area contributed by atoms with Crippen LogP contribution >= 0.6 is 0 Å². The van der Waals surface area contributed by atoms with Crippen molar-refractivity contribution in [2.24, 2.45) is 21.6 Å². The Morgan fingerprint density at radius 2 is 1.67 bits per heavy atom. The largest absolute Gasteiger partial charge is 0.383 e. The van der Waals surface area contributed by atoms with Crippen molar-refractivity contribution in [3.05, 3.63) is 99.9 Å². The molecule has 3 unspecified atom stereocenters. The van der Waals surface area contributed by atoms with Crippen LogP contribution in [0.5, 0.6) is 0 Å². The summed E-state index contributed by atoms with van der Waals surface area (Å²) in [7, 11) is 1.70. The van der Waals surface area contributed by atoms with E-state index in [1.165, 1.54) is 6.07 Å². The normalized spacial score (nSPS) is 17.1. The van der Waals surface area contributed by atoms with Crippen LogP contribution in [-0.4, -0.2) is 30.7 Å². The summed E-state index contributed by atoms with van der Waals surface area (Å²) in [5, 5.41) is 9.18. The van der Waals surface area contributed by atoms with Crippen LogP contribution in [0.3, 0.4) is 0 Å². The summed E-state index contributed by atoms with van der Waals surface area (Å²) in [6.07, 6.45) is 9.43. The number of hydrogen-bond donors (Lipinski definition) is 4. The summed E-state index contributed by atoms with van der Waals surface area (Å²) in [5.74, 6) is 1.45. The van der Waals surface area contributed by atoms with E-state index in [4.69, 9.17) is 17.1 Å². The van der Waals surface area contributed by atoms with Gasteiger partial charge in [0.15, 0.2) is 17.7 Å². The van der Waals surface area contributed by atoms with Gasteiger partial charge in [0.25, 0.3) is 5.91 Å². The van der Waals surface area contributed by atoms with Crippen molar-refractivity contribution in [1.29, 1.82) is 0 Å². The number of halogens is 2. The third-order valence-corrected chi connectivity index (χ3v) is 7.70. The average Bonchev–Trinajstić information content (AvgIpc) is 3.09.